The van der Waals surface area contributed by atoms with E-state index in [0.29, 0.717) is 0 Å². The molecule has 0 fully saturated rings. The maximum absolute atomic E-state index is 4.09. The maximum Gasteiger partial charge on any atom is 0.0670 e. The second kappa shape index (κ2) is 4.53. The Morgan fingerprint density at radius 3 is 2.13 bits per heavy atom. The third-order valence-corrected chi connectivity index (χ3v) is 2.94. The van der Waals surface area contributed by atoms with Crippen LogP contribution in [0, 0.1) is 0 Å². The van der Waals surface area contributed by atoms with Crippen molar-refractivity contribution < 1.29 is 0 Å². The largest absolute Gasteiger partial charge is 0.376 e. The molecule has 0 amide bonds. The van der Waals surface area contributed by atoms with E-state index in [2.05, 4.69) is 62.8 Å². The van der Waals surface area contributed by atoms with E-state index in [1.54, 1.807) is 0 Å². The lowest BCUT2D eigenvalue weighted by Crippen LogP contribution is -2.18. The smallest absolute Gasteiger partial charge is 0.0670 e. The van der Waals surface area contributed by atoms with Gasteiger partial charge < -0.3 is 9.80 Å². The van der Waals surface area contributed by atoms with Crippen LogP contribution in [0.5, 0.6) is 0 Å². The number of hydrogen-bond donors (Lipinski definition) is 0. The molecule has 0 bridgehead atoms. The van der Waals surface area contributed by atoms with E-state index < -0.39 is 0 Å². The van der Waals surface area contributed by atoms with Crippen molar-refractivity contribution in [3.8, 4) is 0 Å². The molecule has 0 saturated carbocycles. The normalized spacial score (nSPS) is 10.1. The van der Waals surface area contributed by atoms with Crippen LogP contribution < -0.4 is 9.80 Å². The monoisotopic (exact) mass is 220 g/mol. The summed E-state index contributed by atoms with van der Waals surface area (Å²) in [7, 11) is 9.31. The minimum absolute atomic E-state index is 1.01. The molecule has 0 saturated heterocycles. The Kier molecular flexibility index (Phi) is 3.58. The van der Waals surface area contributed by atoms with Crippen molar-refractivity contribution in [1.82, 2.24) is 0 Å². The van der Waals surface area contributed by atoms with Crippen LogP contribution in [0.4, 0.5) is 11.4 Å². The summed E-state index contributed by atoms with van der Waals surface area (Å²) < 4.78 is 0. The predicted molar refractivity (Wildman–Crippen MR) is 74.1 cm³/mol. The number of para-hydroxylation sites is 1. The van der Waals surface area contributed by atoms with Gasteiger partial charge in [-0.3, -0.25) is 0 Å². The van der Waals surface area contributed by atoms with Gasteiger partial charge in [0.15, 0.2) is 0 Å². The zero-order valence-corrected chi connectivity index (χ0v) is 12.3. The maximum atomic E-state index is 4.09. The van der Waals surface area contributed by atoms with Gasteiger partial charge in [-0.15, -0.1) is 6.58 Å². The highest BCUT2D eigenvalue weighted by Crippen LogP contribution is 2.33. The molecular formula is C12H20N2Si. The second-order valence-electron chi connectivity index (χ2n) is 4.24. The summed E-state index contributed by atoms with van der Waals surface area (Å²) in [5, 5.41) is 1.24. The summed E-state index contributed by atoms with van der Waals surface area (Å²) in [6, 6.07) is 6.39. The van der Waals surface area contributed by atoms with Crippen molar-refractivity contribution in [2.75, 3.05) is 38.0 Å². The van der Waals surface area contributed by atoms with Gasteiger partial charge in [0.05, 0.1) is 11.4 Å². The van der Waals surface area contributed by atoms with Crippen molar-refractivity contribution in [3.63, 3.8) is 0 Å². The quantitative estimate of drug-likeness (QED) is 0.705. The lowest BCUT2D eigenvalue weighted by molar-refractivity contribution is 1.07. The molecular weight excluding hydrogens is 200 g/mol. The molecule has 0 aliphatic heterocycles. The molecule has 3 heteroatoms. The fourth-order valence-electron chi connectivity index (χ4n) is 1.71. The Bertz CT molecular complexity index is 370. The summed E-state index contributed by atoms with van der Waals surface area (Å²) in [6.45, 7) is 4.09. The summed E-state index contributed by atoms with van der Waals surface area (Å²) in [6.07, 6.45) is 0. The van der Waals surface area contributed by atoms with Gasteiger partial charge in [0, 0.05) is 38.4 Å². The number of hydrogen-bond acceptors (Lipinski definition) is 2. The highest BCUT2D eigenvalue weighted by molar-refractivity contribution is 6.42. The Morgan fingerprint density at radius 2 is 1.73 bits per heavy atom. The first-order valence-corrected chi connectivity index (χ1v) is 6.08. The van der Waals surface area contributed by atoms with Crippen LogP contribution >= 0.6 is 0 Å². The van der Waals surface area contributed by atoms with Gasteiger partial charge in [-0.05, 0) is 11.6 Å². The van der Waals surface area contributed by atoms with Gasteiger partial charge in [0.25, 0.3) is 0 Å². The number of anilines is 2. The van der Waals surface area contributed by atoms with Crippen LogP contribution in [-0.4, -0.2) is 38.4 Å². The first kappa shape index (κ1) is 11.8. The van der Waals surface area contributed by atoms with E-state index in [1.165, 1.54) is 22.1 Å². The fourth-order valence-corrected chi connectivity index (χ4v) is 2.11. The van der Waals surface area contributed by atoms with Crippen molar-refractivity contribution in [2.45, 2.75) is 0 Å². The minimum Gasteiger partial charge on any atom is -0.376 e. The molecule has 0 aromatic heterocycles. The van der Waals surface area contributed by atoms with Gasteiger partial charge in [-0.25, -0.2) is 0 Å². The number of nitrogens with zero attached hydrogens (tertiary/aromatic N) is 2. The third-order valence-electron chi connectivity index (χ3n) is 2.40. The summed E-state index contributed by atoms with van der Waals surface area (Å²) in [5.41, 5.74) is 3.79. The lowest BCUT2D eigenvalue weighted by atomic mass is 10.1. The summed E-state index contributed by atoms with van der Waals surface area (Å²) in [4.78, 5) is 4.30. The van der Waals surface area contributed by atoms with Crippen LogP contribution in [0.15, 0.2) is 24.8 Å². The van der Waals surface area contributed by atoms with E-state index in [1.807, 2.05) is 0 Å². The van der Waals surface area contributed by atoms with Crippen molar-refractivity contribution >= 4 is 26.8 Å². The minimum atomic E-state index is 1.01. The fraction of sp³-hybridized carbons (Fsp3) is 0.333. The molecule has 0 aliphatic carbocycles. The molecule has 82 valence electrons. The van der Waals surface area contributed by atoms with Crippen LogP contribution in [-0.2, 0) is 0 Å². The highest BCUT2D eigenvalue weighted by Gasteiger charge is 2.11. The summed E-state index contributed by atoms with van der Waals surface area (Å²) in [5.74, 6) is 0. The van der Waals surface area contributed by atoms with E-state index in [9.17, 15) is 0 Å². The average molecular weight is 220 g/mol. The van der Waals surface area contributed by atoms with Crippen molar-refractivity contribution in [3.05, 3.63) is 30.3 Å². The molecule has 2 nitrogen and oxygen atoms in total. The first-order chi connectivity index (χ1) is 6.95. The van der Waals surface area contributed by atoms with Gasteiger partial charge in [0.2, 0.25) is 0 Å². The zero-order valence-electron chi connectivity index (χ0n) is 10.3. The van der Waals surface area contributed by atoms with Crippen LogP contribution in [0.3, 0.4) is 0 Å². The highest BCUT2D eigenvalue weighted by atomic mass is 28.1. The first-order valence-electron chi connectivity index (χ1n) is 5.08. The molecule has 1 aromatic rings. The average Bonchev–Trinajstić information content (AvgIpc) is 2.16. The van der Waals surface area contributed by atoms with Crippen LogP contribution in [0.25, 0.3) is 5.20 Å². The zero-order chi connectivity index (χ0) is 11.6. The Morgan fingerprint density at radius 1 is 1.13 bits per heavy atom. The van der Waals surface area contributed by atoms with Crippen molar-refractivity contribution in [1.29, 1.82) is 0 Å². The third kappa shape index (κ3) is 2.42. The van der Waals surface area contributed by atoms with Gasteiger partial charge in [0.1, 0.15) is 0 Å². The lowest BCUT2D eigenvalue weighted by Gasteiger charge is -2.25. The van der Waals surface area contributed by atoms with E-state index >= 15 is 0 Å². The SMILES string of the molecule is C=C([SiH3])c1cccc(N(C)C)c1N(C)C. The van der Waals surface area contributed by atoms with Crippen LogP contribution in [0.2, 0.25) is 0 Å². The van der Waals surface area contributed by atoms with E-state index in [4.69, 9.17) is 0 Å². The molecule has 0 heterocycles. The molecule has 0 spiro atoms. The van der Waals surface area contributed by atoms with E-state index in [-0.39, 0.29) is 0 Å². The number of benzene rings is 1. The molecule has 0 unspecified atom stereocenters. The molecule has 0 aliphatic rings. The Balaban J connectivity index is 3.42. The van der Waals surface area contributed by atoms with Gasteiger partial charge in [-0.2, -0.15) is 0 Å². The molecule has 15 heavy (non-hydrogen) atoms. The standard InChI is InChI=1S/C12H20N2Si/c1-9(15)10-7-6-8-11(13(2)3)12(10)14(4)5/h6-8H,1H2,2-5,15H3. The molecule has 0 atom stereocenters. The molecule has 0 N–H and O–H groups in total. The Hall–Kier alpha value is -1.22. The van der Waals surface area contributed by atoms with E-state index in [0.717, 1.165) is 10.2 Å². The molecule has 1 rings (SSSR count). The van der Waals surface area contributed by atoms with Crippen LogP contribution in [0.1, 0.15) is 5.56 Å². The predicted octanol–water partition coefficient (Wildman–Crippen LogP) is 1.15. The summed E-state index contributed by atoms with van der Waals surface area (Å²) >= 11 is 0. The molecule has 0 radical (unpaired) electrons. The van der Waals surface area contributed by atoms with Crippen molar-refractivity contribution in [2.24, 2.45) is 0 Å². The molecule has 1 aromatic carbocycles. The number of rotatable bonds is 3. The van der Waals surface area contributed by atoms with Gasteiger partial charge in [-0.1, -0.05) is 17.3 Å². The topological polar surface area (TPSA) is 6.48 Å². The van der Waals surface area contributed by atoms with Gasteiger partial charge >= 0.3 is 0 Å². The Labute approximate surface area is 95.6 Å². The second-order valence-corrected chi connectivity index (χ2v) is 5.45.